The van der Waals surface area contributed by atoms with Gasteiger partial charge in [-0.2, -0.15) is 0 Å². The highest BCUT2D eigenvalue weighted by atomic mass is 16.5. The highest BCUT2D eigenvalue weighted by molar-refractivity contribution is 5.37. The average molecular weight is 250 g/mol. The van der Waals surface area contributed by atoms with Crippen molar-refractivity contribution in [2.75, 3.05) is 27.2 Å². The van der Waals surface area contributed by atoms with Gasteiger partial charge in [0.25, 0.3) is 0 Å². The molecule has 0 spiro atoms. The first kappa shape index (κ1) is 15.0. The second-order valence-electron chi connectivity index (χ2n) is 4.82. The number of benzene rings is 1. The molecule has 1 atom stereocenters. The first-order valence-corrected chi connectivity index (χ1v) is 6.68. The van der Waals surface area contributed by atoms with Gasteiger partial charge in [-0.1, -0.05) is 19.1 Å². The fourth-order valence-electron chi connectivity index (χ4n) is 1.94. The van der Waals surface area contributed by atoms with Gasteiger partial charge in [0, 0.05) is 19.1 Å². The molecule has 1 unspecified atom stereocenters. The zero-order chi connectivity index (χ0) is 13.5. The predicted octanol–water partition coefficient (Wildman–Crippen LogP) is 2.08. The van der Waals surface area contributed by atoms with E-state index in [1.807, 2.05) is 0 Å². The van der Waals surface area contributed by atoms with Crippen LogP contribution < -0.4 is 10.5 Å². The summed E-state index contributed by atoms with van der Waals surface area (Å²) in [7, 11) is 3.85. The summed E-state index contributed by atoms with van der Waals surface area (Å²) >= 11 is 0. The molecule has 1 rings (SSSR count). The van der Waals surface area contributed by atoms with Crippen LogP contribution in [-0.4, -0.2) is 38.2 Å². The van der Waals surface area contributed by atoms with Gasteiger partial charge in [0.05, 0.1) is 7.11 Å². The molecule has 18 heavy (non-hydrogen) atoms. The van der Waals surface area contributed by atoms with Gasteiger partial charge in [0.15, 0.2) is 0 Å². The molecule has 0 radical (unpaired) electrons. The van der Waals surface area contributed by atoms with E-state index in [0.717, 1.165) is 25.1 Å². The molecule has 102 valence electrons. The summed E-state index contributed by atoms with van der Waals surface area (Å²) in [5.74, 6) is 0.987. The maximum absolute atomic E-state index is 5.68. The van der Waals surface area contributed by atoms with Gasteiger partial charge >= 0.3 is 0 Å². The van der Waals surface area contributed by atoms with Crippen molar-refractivity contribution < 1.29 is 4.74 Å². The Morgan fingerprint density at radius 3 is 2.67 bits per heavy atom. The molecule has 0 saturated carbocycles. The summed E-state index contributed by atoms with van der Waals surface area (Å²) in [5.41, 5.74) is 8.32. The normalized spacial score (nSPS) is 12.8. The molecule has 0 fully saturated rings. The van der Waals surface area contributed by atoms with E-state index < -0.39 is 0 Å². The van der Waals surface area contributed by atoms with E-state index in [2.05, 4.69) is 44.0 Å². The van der Waals surface area contributed by atoms with E-state index in [9.17, 15) is 0 Å². The molecule has 1 aromatic carbocycles. The molecule has 0 aliphatic carbocycles. The Balaban J connectivity index is 2.70. The Hall–Kier alpha value is -1.06. The molecule has 3 heteroatoms. The third-order valence-electron chi connectivity index (χ3n) is 3.58. The van der Waals surface area contributed by atoms with Crippen molar-refractivity contribution in [3.05, 3.63) is 29.3 Å². The molecule has 0 aromatic heterocycles. The minimum atomic E-state index is 0.422. The average Bonchev–Trinajstić information content (AvgIpc) is 2.43. The third kappa shape index (κ3) is 4.00. The second-order valence-corrected chi connectivity index (χ2v) is 4.82. The quantitative estimate of drug-likeness (QED) is 0.805. The van der Waals surface area contributed by atoms with Crippen molar-refractivity contribution in [2.45, 2.75) is 32.7 Å². The van der Waals surface area contributed by atoms with Crippen molar-refractivity contribution in [1.82, 2.24) is 4.90 Å². The maximum Gasteiger partial charge on any atom is 0.122 e. The van der Waals surface area contributed by atoms with E-state index in [1.54, 1.807) is 7.11 Å². The fourth-order valence-corrected chi connectivity index (χ4v) is 1.94. The van der Waals surface area contributed by atoms with Crippen LogP contribution in [0.1, 0.15) is 25.0 Å². The maximum atomic E-state index is 5.68. The molecule has 2 N–H and O–H groups in total. The Labute approximate surface area is 111 Å². The molecule has 3 nitrogen and oxygen atoms in total. The molecule has 0 saturated heterocycles. The lowest BCUT2D eigenvalue weighted by Crippen LogP contribution is -2.36. The van der Waals surface area contributed by atoms with Crippen LogP contribution >= 0.6 is 0 Å². The second kappa shape index (κ2) is 7.39. The number of nitrogens with two attached hydrogens (primary N) is 1. The highest BCUT2D eigenvalue weighted by Crippen LogP contribution is 2.21. The summed E-state index contributed by atoms with van der Waals surface area (Å²) in [5, 5.41) is 0. The van der Waals surface area contributed by atoms with Gasteiger partial charge in [-0.15, -0.1) is 0 Å². The monoisotopic (exact) mass is 250 g/mol. The lowest BCUT2D eigenvalue weighted by molar-refractivity contribution is 0.265. The van der Waals surface area contributed by atoms with Gasteiger partial charge in [0.1, 0.15) is 5.75 Å². The van der Waals surface area contributed by atoms with Crippen LogP contribution in [0.2, 0.25) is 0 Å². The van der Waals surface area contributed by atoms with Crippen molar-refractivity contribution >= 4 is 0 Å². The van der Waals surface area contributed by atoms with Gasteiger partial charge in [-0.05, 0) is 44.0 Å². The molecule has 0 aliphatic rings. The standard InChI is InChI=1S/C15H26N2O/c1-5-13-6-7-15(18-4)14(10-13)8-9-17(3)12(2)11-16/h6-7,10,12H,5,8-9,11,16H2,1-4H3. The number of hydrogen-bond acceptors (Lipinski definition) is 3. The Bertz CT molecular complexity index is 366. The van der Waals surface area contributed by atoms with Crippen LogP contribution in [0.5, 0.6) is 5.75 Å². The Morgan fingerprint density at radius 2 is 2.11 bits per heavy atom. The summed E-state index contributed by atoms with van der Waals surface area (Å²) in [6.45, 7) is 6.03. The zero-order valence-electron chi connectivity index (χ0n) is 12.1. The van der Waals surface area contributed by atoms with Gasteiger partial charge in [-0.3, -0.25) is 0 Å². The summed E-state index contributed by atoms with van der Waals surface area (Å²) < 4.78 is 5.42. The smallest absolute Gasteiger partial charge is 0.122 e. The molecular weight excluding hydrogens is 224 g/mol. The summed E-state index contributed by atoms with van der Waals surface area (Å²) in [6, 6.07) is 6.87. The topological polar surface area (TPSA) is 38.5 Å². The summed E-state index contributed by atoms with van der Waals surface area (Å²) in [4.78, 5) is 2.29. The van der Waals surface area contributed by atoms with Gasteiger partial charge < -0.3 is 15.4 Å². The number of ether oxygens (including phenoxy) is 1. The van der Waals surface area contributed by atoms with Crippen molar-refractivity contribution in [3.8, 4) is 5.75 Å². The number of rotatable bonds is 7. The largest absolute Gasteiger partial charge is 0.496 e. The van der Waals surface area contributed by atoms with Crippen LogP contribution in [0.3, 0.4) is 0 Å². The van der Waals surface area contributed by atoms with E-state index in [0.29, 0.717) is 12.6 Å². The molecular formula is C15H26N2O. The molecule has 0 heterocycles. The summed E-state index contributed by atoms with van der Waals surface area (Å²) in [6.07, 6.45) is 2.06. The SMILES string of the molecule is CCc1ccc(OC)c(CCN(C)C(C)CN)c1. The highest BCUT2D eigenvalue weighted by Gasteiger charge is 2.09. The van der Waals surface area contributed by atoms with Gasteiger partial charge in [-0.25, -0.2) is 0 Å². The van der Waals surface area contributed by atoms with Gasteiger partial charge in [0.2, 0.25) is 0 Å². The van der Waals surface area contributed by atoms with Crippen LogP contribution in [0.25, 0.3) is 0 Å². The molecule has 0 aliphatic heterocycles. The van der Waals surface area contributed by atoms with Crippen LogP contribution in [0, 0.1) is 0 Å². The first-order valence-electron chi connectivity index (χ1n) is 6.68. The number of nitrogens with zero attached hydrogens (tertiary/aromatic N) is 1. The lowest BCUT2D eigenvalue weighted by Gasteiger charge is -2.23. The van der Waals surface area contributed by atoms with Crippen LogP contribution in [0.4, 0.5) is 0 Å². The van der Waals surface area contributed by atoms with Crippen molar-refractivity contribution in [1.29, 1.82) is 0 Å². The molecule has 0 bridgehead atoms. The zero-order valence-corrected chi connectivity index (χ0v) is 12.1. The Morgan fingerprint density at radius 1 is 1.39 bits per heavy atom. The molecule has 1 aromatic rings. The first-order chi connectivity index (χ1) is 8.62. The minimum Gasteiger partial charge on any atom is -0.496 e. The lowest BCUT2D eigenvalue weighted by atomic mass is 10.0. The van der Waals surface area contributed by atoms with Crippen molar-refractivity contribution in [2.24, 2.45) is 5.73 Å². The number of hydrogen-bond donors (Lipinski definition) is 1. The fraction of sp³-hybridized carbons (Fsp3) is 0.600. The molecule has 0 amide bonds. The van der Waals surface area contributed by atoms with E-state index >= 15 is 0 Å². The van der Waals surface area contributed by atoms with E-state index in [4.69, 9.17) is 10.5 Å². The predicted molar refractivity (Wildman–Crippen MR) is 77.2 cm³/mol. The van der Waals surface area contributed by atoms with Crippen LogP contribution in [0.15, 0.2) is 18.2 Å². The van der Waals surface area contributed by atoms with Crippen molar-refractivity contribution in [3.63, 3.8) is 0 Å². The number of likely N-dealkylation sites (N-methyl/N-ethyl adjacent to an activating group) is 1. The number of aryl methyl sites for hydroxylation is 1. The van der Waals surface area contributed by atoms with Crippen LogP contribution in [-0.2, 0) is 12.8 Å². The van der Waals surface area contributed by atoms with E-state index in [-0.39, 0.29) is 0 Å². The number of methoxy groups -OCH3 is 1. The Kier molecular flexibility index (Phi) is 6.16. The third-order valence-corrected chi connectivity index (χ3v) is 3.58. The minimum absolute atomic E-state index is 0.422. The van der Waals surface area contributed by atoms with E-state index in [1.165, 1.54) is 11.1 Å².